The summed E-state index contributed by atoms with van der Waals surface area (Å²) in [4.78, 5) is 9.05. The van der Waals surface area contributed by atoms with Crippen LogP contribution in [-0.4, -0.2) is 9.97 Å². The molecule has 102 valence electrons. The van der Waals surface area contributed by atoms with Gasteiger partial charge < -0.3 is 4.42 Å². The van der Waals surface area contributed by atoms with Crippen LogP contribution in [0.4, 0.5) is 0 Å². The van der Waals surface area contributed by atoms with Gasteiger partial charge in [-0.3, -0.25) is 9.97 Å². The maximum atomic E-state index is 6.06. The molecule has 0 aliphatic rings. The number of nitrogens with zero attached hydrogens (tertiary/aromatic N) is 2. The first-order valence-corrected chi connectivity index (χ1v) is 6.95. The van der Waals surface area contributed by atoms with Gasteiger partial charge in [-0.25, -0.2) is 0 Å². The van der Waals surface area contributed by atoms with E-state index in [1.54, 1.807) is 6.20 Å². The zero-order valence-corrected chi connectivity index (χ0v) is 11.9. The van der Waals surface area contributed by atoms with Crippen molar-refractivity contribution in [2.24, 2.45) is 0 Å². The zero-order valence-electron chi connectivity index (χ0n) is 11.9. The molecule has 0 unspecified atom stereocenters. The Labute approximate surface area is 122 Å². The average molecular weight is 274 g/mol. The lowest BCUT2D eigenvalue weighted by atomic mass is 10.1. The van der Waals surface area contributed by atoms with E-state index in [0.29, 0.717) is 0 Å². The largest absolute Gasteiger partial charge is 0.455 e. The van der Waals surface area contributed by atoms with Gasteiger partial charge in [-0.05, 0) is 26.0 Å². The van der Waals surface area contributed by atoms with Gasteiger partial charge in [0.25, 0.3) is 0 Å². The summed E-state index contributed by atoms with van der Waals surface area (Å²) >= 11 is 0. The molecular formula is C18H14N2O. The van der Waals surface area contributed by atoms with Crippen molar-refractivity contribution in [3.63, 3.8) is 0 Å². The van der Waals surface area contributed by atoms with Crippen molar-refractivity contribution in [3.05, 3.63) is 60.0 Å². The maximum absolute atomic E-state index is 6.06. The van der Waals surface area contributed by atoms with E-state index in [1.165, 1.54) is 0 Å². The maximum Gasteiger partial charge on any atom is 0.144 e. The molecule has 0 saturated carbocycles. The van der Waals surface area contributed by atoms with Crippen LogP contribution in [0.3, 0.4) is 0 Å². The van der Waals surface area contributed by atoms with E-state index in [4.69, 9.17) is 4.42 Å². The number of aromatic nitrogens is 2. The van der Waals surface area contributed by atoms with Crippen LogP contribution in [-0.2, 0) is 0 Å². The van der Waals surface area contributed by atoms with Crippen molar-refractivity contribution in [1.29, 1.82) is 0 Å². The van der Waals surface area contributed by atoms with Crippen molar-refractivity contribution in [3.8, 4) is 11.3 Å². The number of rotatable bonds is 1. The van der Waals surface area contributed by atoms with Crippen molar-refractivity contribution >= 4 is 21.9 Å². The molecule has 0 radical (unpaired) electrons. The fourth-order valence-corrected chi connectivity index (χ4v) is 2.80. The number of para-hydroxylation sites is 2. The van der Waals surface area contributed by atoms with Crippen LogP contribution >= 0.6 is 0 Å². The highest BCUT2D eigenvalue weighted by molar-refractivity contribution is 6.09. The first-order chi connectivity index (χ1) is 10.2. The van der Waals surface area contributed by atoms with Crippen LogP contribution < -0.4 is 0 Å². The van der Waals surface area contributed by atoms with E-state index in [1.807, 2.05) is 44.2 Å². The molecule has 0 N–H and O–H groups in total. The van der Waals surface area contributed by atoms with Crippen LogP contribution in [0, 0.1) is 13.8 Å². The highest BCUT2D eigenvalue weighted by atomic mass is 16.3. The van der Waals surface area contributed by atoms with Crippen molar-refractivity contribution in [2.75, 3.05) is 0 Å². The van der Waals surface area contributed by atoms with Gasteiger partial charge in [0.2, 0.25) is 0 Å². The summed E-state index contributed by atoms with van der Waals surface area (Å²) in [5.41, 5.74) is 5.49. The third-order valence-corrected chi connectivity index (χ3v) is 3.73. The number of furan rings is 1. The highest BCUT2D eigenvalue weighted by Crippen LogP contribution is 2.35. The molecular weight excluding hydrogens is 260 g/mol. The molecule has 2 aromatic heterocycles. The van der Waals surface area contributed by atoms with Crippen LogP contribution in [0.2, 0.25) is 0 Å². The summed E-state index contributed by atoms with van der Waals surface area (Å²) in [6, 6.07) is 14.3. The van der Waals surface area contributed by atoms with E-state index in [0.717, 1.165) is 44.6 Å². The van der Waals surface area contributed by atoms with Gasteiger partial charge in [-0.1, -0.05) is 30.3 Å². The lowest BCUT2D eigenvalue weighted by Crippen LogP contribution is -1.94. The molecule has 2 aromatic carbocycles. The van der Waals surface area contributed by atoms with Gasteiger partial charge in [-0.15, -0.1) is 0 Å². The molecule has 0 fully saturated rings. The lowest BCUT2D eigenvalue weighted by Gasteiger charge is -2.05. The summed E-state index contributed by atoms with van der Waals surface area (Å²) in [5, 5.41) is 2.25. The molecule has 0 atom stereocenters. The Hall–Kier alpha value is -2.68. The molecule has 0 aliphatic heterocycles. The quantitative estimate of drug-likeness (QED) is 0.506. The SMILES string of the molecule is Cc1cnc(-c2cccc3c2oc2ccccc23)c(C)n1. The summed E-state index contributed by atoms with van der Waals surface area (Å²) < 4.78 is 6.06. The summed E-state index contributed by atoms with van der Waals surface area (Å²) in [6.45, 7) is 3.93. The molecule has 0 bridgehead atoms. The summed E-state index contributed by atoms with van der Waals surface area (Å²) in [5.74, 6) is 0. The van der Waals surface area contributed by atoms with E-state index < -0.39 is 0 Å². The minimum atomic E-state index is 0.875. The van der Waals surface area contributed by atoms with E-state index >= 15 is 0 Å². The molecule has 4 rings (SSSR count). The predicted octanol–water partition coefficient (Wildman–Crippen LogP) is 4.66. The molecule has 4 aromatic rings. The second kappa shape index (κ2) is 4.42. The number of hydrogen-bond donors (Lipinski definition) is 0. The molecule has 0 saturated heterocycles. The van der Waals surface area contributed by atoms with Gasteiger partial charge in [0.1, 0.15) is 11.2 Å². The molecule has 2 heterocycles. The lowest BCUT2D eigenvalue weighted by molar-refractivity contribution is 0.669. The van der Waals surface area contributed by atoms with Gasteiger partial charge in [-0.2, -0.15) is 0 Å². The monoisotopic (exact) mass is 274 g/mol. The van der Waals surface area contributed by atoms with Gasteiger partial charge in [0, 0.05) is 22.5 Å². The topological polar surface area (TPSA) is 38.9 Å². The van der Waals surface area contributed by atoms with Crippen molar-refractivity contribution in [2.45, 2.75) is 13.8 Å². The number of benzene rings is 2. The normalized spacial score (nSPS) is 11.3. The first-order valence-electron chi connectivity index (χ1n) is 6.95. The Kier molecular flexibility index (Phi) is 2.54. The number of fused-ring (bicyclic) bond motifs is 3. The Balaban J connectivity index is 2.09. The molecule has 21 heavy (non-hydrogen) atoms. The van der Waals surface area contributed by atoms with Gasteiger partial charge in [0.05, 0.1) is 17.1 Å². The fourth-order valence-electron chi connectivity index (χ4n) is 2.80. The Bertz CT molecular complexity index is 969. The predicted molar refractivity (Wildman–Crippen MR) is 84.2 cm³/mol. The molecule has 0 amide bonds. The van der Waals surface area contributed by atoms with E-state index in [-0.39, 0.29) is 0 Å². The third kappa shape index (κ3) is 1.82. The highest BCUT2D eigenvalue weighted by Gasteiger charge is 2.14. The van der Waals surface area contributed by atoms with Crippen molar-refractivity contribution < 1.29 is 4.42 Å². The van der Waals surface area contributed by atoms with Crippen LogP contribution in [0.1, 0.15) is 11.4 Å². The Morgan fingerprint density at radius 1 is 0.905 bits per heavy atom. The number of hydrogen-bond acceptors (Lipinski definition) is 3. The third-order valence-electron chi connectivity index (χ3n) is 3.73. The standard InChI is InChI=1S/C18H14N2O/c1-11-10-19-17(12(2)20-11)15-8-5-7-14-13-6-3-4-9-16(13)21-18(14)15/h3-10H,1-2H3. The van der Waals surface area contributed by atoms with E-state index in [2.05, 4.69) is 22.1 Å². The minimum Gasteiger partial charge on any atom is -0.455 e. The average Bonchev–Trinajstić information content (AvgIpc) is 2.86. The first kappa shape index (κ1) is 12.1. The van der Waals surface area contributed by atoms with Crippen LogP contribution in [0.25, 0.3) is 33.2 Å². The van der Waals surface area contributed by atoms with Crippen LogP contribution in [0.15, 0.2) is 53.1 Å². The van der Waals surface area contributed by atoms with Gasteiger partial charge in [0.15, 0.2) is 0 Å². The van der Waals surface area contributed by atoms with Crippen molar-refractivity contribution in [1.82, 2.24) is 9.97 Å². The van der Waals surface area contributed by atoms with Gasteiger partial charge >= 0.3 is 0 Å². The Morgan fingerprint density at radius 2 is 1.71 bits per heavy atom. The molecule has 0 spiro atoms. The Morgan fingerprint density at radius 3 is 2.57 bits per heavy atom. The smallest absolute Gasteiger partial charge is 0.144 e. The van der Waals surface area contributed by atoms with Crippen LogP contribution in [0.5, 0.6) is 0 Å². The second-order valence-electron chi connectivity index (χ2n) is 5.23. The van der Waals surface area contributed by atoms with E-state index in [9.17, 15) is 0 Å². The summed E-state index contributed by atoms with van der Waals surface area (Å²) in [7, 11) is 0. The summed E-state index contributed by atoms with van der Waals surface area (Å²) in [6.07, 6.45) is 1.80. The minimum absolute atomic E-state index is 0.875. The molecule has 3 heteroatoms. The fraction of sp³-hybridized carbons (Fsp3) is 0.111. The second-order valence-corrected chi connectivity index (χ2v) is 5.23. The number of aryl methyl sites for hydroxylation is 2. The molecule has 3 nitrogen and oxygen atoms in total. The molecule has 0 aliphatic carbocycles. The zero-order chi connectivity index (χ0) is 14.4.